The zero-order valence-corrected chi connectivity index (χ0v) is 14.2. The fourth-order valence-electron chi connectivity index (χ4n) is 2.48. The molecule has 0 bridgehead atoms. The van der Waals surface area contributed by atoms with Crippen molar-refractivity contribution in [3.05, 3.63) is 26.6 Å². The SMILES string of the molecule is CC1(O)CCC(NCc2cc(Br)cc(Br)c2N)CC1. The largest absolute Gasteiger partial charge is 0.398 e. The Bertz CT molecular complexity index is 453. The van der Waals surface area contributed by atoms with Crippen molar-refractivity contribution >= 4 is 37.5 Å². The molecule has 0 aliphatic heterocycles. The predicted molar refractivity (Wildman–Crippen MR) is 86.0 cm³/mol. The van der Waals surface area contributed by atoms with E-state index in [1.807, 2.05) is 19.1 Å². The summed E-state index contributed by atoms with van der Waals surface area (Å²) in [5.74, 6) is 0. The molecular formula is C14H20Br2N2O. The molecule has 1 aromatic carbocycles. The minimum absolute atomic E-state index is 0.470. The van der Waals surface area contributed by atoms with Crippen molar-refractivity contribution in [2.24, 2.45) is 0 Å². The summed E-state index contributed by atoms with van der Waals surface area (Å²) < 4.78 is 1.95. The Morgan fingerprint density at radius 2 is 2.00 bits per heavy atom. The van der Waals surface area contributed by atoms with Crippen molar-refractivity contribution < 1.29 is 5.11 Å². The number of benzene rings is 1. The van der Waals surface area contributed by atoms with Crippen LogP contribution in [0, 0.1) is 0 Å². The molecule has 0 atom stereocenters. The number of nitrogens with one attached hydrogen (secondary N) is 1. The number of aliphatic hydroxyl groups is 1. The summed E-state index contributed by atoms with van der Waals surface area (Å²) in [6.45, 7) is 2.68. The van der Waals surface area contributed by atoms with Gasteiger partial charge in [0.15, 0.2) is 0 Å². The Kier molecular flexibility index (Phi) is 4.93. The van der Waals surface area contributed by atoms with Gasteiger partial charge in [-0.05, 0) is 66.2 Å². The van der Waals surface area contributed by atoms with Crippen LogP contribution in [0.15, 0.2) is 21.1 Å². The Balaban J connectivity index is 1.93. The Hall–Kier alpha value is -0.100. The lowest BCUT2D eigenvalue weighted by molar-refractivity contribution is 0.0140. The smallest absolute Gasteiger partial charge is 0.0621 e. The maximum atomic E-state index is 9.93. The third kappa shape index (κ3) is 4.18. The number of anilines is 1. The lowest BCUT2D eigenvalue weighted by atomic mass is 9.83. The number of nitrogen functional groups attached to an aromatic ring is 1. The molecule has 1 fully saturated rings. The number of rotatable bonds is 3. The van der Waals surface area contributed by atoms with E-state index < -0.39 is 5.60 Å². The predicted octanol–water partition coefficient (Wildman–Crippen LogP) is 3.58. The molecule has 1 saturated carbocycles. The van der Waals surface area contributed by atoms with Gasteiger partial charge in [0.2, 0.25) is 0 Å². The molecule has 2 rings (SSSR count). The molecule has 5 heteroatoms. The molecule has 19 heavy (non-hydrogen) atoms. The molecule has 0 unspecified atom stereocenters. The molecule has 4 N–H and O–H groups in total. The summed E-state index contributed by atoms with van der Waals surface area (Å²) in [4.78, 5) is 0. The van der Waals surface area contributed by atoms with Gasteiger partial charge in [-0.25, -0.2) is 0 Å². The first-order valence-corrected chi connectivity index (χ1v) is 8.15. The molecule has 0 heterocycles. The standard InChI is InChI=1S/C14H20Br2N2O/c1-14(19)4-2-11(3-5-14)18-8-9-6-10(15)7-12(16)13(9)17/h6-7,11,18-19H,2-5,8,17H2,1H3. The van der Waals surface area contributed by atoms with E-state index in [0.717, 1.165) is 52.4 Å². The van der Waals surface area contributed by atoms with Crippen LogP contribution in [0.3, 0.4) is 0 Å². The highest BCUT2D eigenvalue weighted by Gasteiger charge is 2.28. The molecule has 1 aromatic rings. The average Bonchev–Trinajstić information content (AvgIpc) is 2.33. The lowest BCUT2D eigenvalue weighted by Gasteiger charge is -2.33. The highest BCUT2D eigenvalue weighted by Crippen LogP contribution is 2.30. The third-order valence-corrected chi connectivity index (χ3v) is 4.94. The van der Waals surface area contributed by atoms with Crippen molar-refractivity contribution in [2.45, 2.75) is 50.8 Å². The maximum absolute atomic E-state index is 9.93. The molecular weight excluding hydrogens is 372 g/mol. The van der Waals surface area contributed by atoms with Crippen LogP contribution in [0.1, 0.15) is 38.2 Å². The zero-order chi connectivity index (χ0) is 14.0. The van der Waals surface area contributed by atoms with Crippen molar-refractivity contribution in [1.82, 2.24) is 5.32 Å². The van der Waals surface area contributed by atoms with Gasteiger partial charge in [0.05, 0.1) is 11.3 Å². The first kappa shape index (κ1) is 15.3. The van der Waals surface area contributed by atoms with Gasteiger partial charge >= 0.3 is 0 Å². The first-order valence-electron chi connectivity index (χ1n) is 6.56. The normalized spacial score (nSPS) is 27.5. The van der Waals surface area contributed by atoms with Gasteiger partial charge in [0.1, 0.15) is 0 Å². The van der Waals surface area contributed by atoms with Crippen LogP contribution in [-0.2, 0) is 6.54 Å². The van der Waals surface area contributed by atoms with Crippen molar-refractivity contribution in [3.63, 3.8) is 0 Å². The number of halogens is 2. The average molecular weight is 392 g/mol. The van der Waals surface area contributed by atoms with Crippen LogP contribution in [0.2, 0.25) is 0 Å². The van der Waals surface area contributed by atoms with Crippen LogP contribution in [0.25, 0.3) is 0 Å². The Morgan fingerprint density at radius 3 is 2.63 bits per heavy atom. The van der Waals surface area contributed by atoms with E-state index in [1.54, 1.807) is 0 Å². The van der Waals surface area contributed by atoms with E-state index in [1.165, 1.54) is 0 Å². The molecule has 0 spiro atoms. The van der Waals surface area contributed by atoms with Gasteiger partial charge in [-0.2, -0.15) is 0 Å². The molecule has 1 aliphatic carbocycles. The van der Waals surface area contributed by atoms with Crippen molar-refractivity contribution in [1.29, 1.82) is 0 Å². The second-order valence-corrected chi connectivity index (χ2v) is 7.38. The van der Waals surface area contributed by atoms with Gasteiger partial charge < -0.3 is 16.2 Å². The van der Waals surface area contributed by atoms with E-state index in [2.05, 4.69) is 37.2 Å². The minimum atomic E-state index is -0.476. The number of hydrogen-bond acceptors (Lipinski definition) is 3. The van der Waals surface area contributed by atoms with Gasteiger partial charge in [-0.15, -0.1) is 0 Å². The third-order valence-electron chi connectivity index (χ3n) is 3.82. The second-order valence-electron chi connectivity index (χ2n) is 5.61. The summed E-state index contributed by atoms with van der Waals surface area (Å²) in [6.07, 6.45) is 3.76. The van der Waals surface area contributed by atoms with Gasteiger partial charge in [-0.1, -0.05) is 15.9 Å². The fraction of sp³-hybridized carbons (Fsp3) is 0.571. The van der Waals surface area contributed by atoms with Crippen molar-refractivity contribution in [3.8, 4) is 0 Å². The zero-order valence-electron chi connectivity index (χ0n) is 11.0. The summed E-state index contributed by atoms with van der Waals surface area (Å²) in [6, 6.07) is 4.47. The second kappa shape index (κ2) is 6.12. The summed E-state index contributed by atoms with van der Waals surface area (Å²) in [5, 5.41) is 13.5. The molecule has 1 aliphatic rings. The fourth-order valence-corrected chi connectivity index (χ4v) is 3.80. The highest BCUT2D eigenvalue weighted by atomic mass is 79.9. The van der Waals surface area contributed by atoms with E-state index >= 15 is 0 Å². The van der Waals surface area contributed by atoms with Gasteiger partial charge in [0, 0.05) is 21.5 Å². The van der Waals surface area contributed by atoms with E-state index in [0.29, 0.717) is 6.04 Å². The Labute approximate surface area is 131 Å². The van der Waals surface area contributed by atoms with Crippen molar-refractivity contribution in [2.75, 3.05) is 5.73 Å². The quantitative estimate of drug-likeness (QED) is 0.690. The number of nitrogens with two attached hydrogens (primary N) is 1. The van der Waals surface area contributed by atoms with E-state index in [9.17, 15) is 5.11 Å². The monoisotopic (exact) mass is 390 g/mol. The van der Waals surface area contributed by atoms with Crippen LogP contribution in [0.5, 0.6) is 0 Å². The lowest BCUT2D eigenvalue weighted by Crippen LogP contribution is -2.39. The van der Waals surface area contributed by atoms with Crippen LogP contribution >= 0.6 is 31.9 Å². The van der Waals surface area contributed by atoms with Crippen LogP contribution in [0.4, 0.5) is 5.69 Å². The summed E-state index contributed by atoms with van der Waals surface area (Å²) in [7, 11) is 0. The van der Waals surface area contributed by atoms with Gasteiger partial charge in [0.25, 0.3) is 0 Å². The Morgan fingerprint density at radius 1 is 1.37 bits per heavy atom. The van der Waals surface area contributed by atoms with Crippen LogP contribution < -0.4 is 11.1 Å². The molecule has 0 saturated heterocycles. The molecule has 3 nitrogen and oxygen atoms in total. The summed E-state index contributed by atoms with van der Waals surface area (Å²) >= 11 is 6.94. The summed E-state index contributed by atoms with van der Waals surface area (Å²) in [5.41, 5.74) is 7.47. The minimum Gasteiger partial charge on any atom is -0.398 e. The maximum Gasteiger partial charge on any atom is 0.0621 e. The van der Waals surface area contributed by atoms with E-state index in [-0.39, 0.29) is 0 Å². The van der Waals surface area contributed by atoms with E-state index in [4.69, 9.17) is 5.73 Å². The molecule has 0 aromatic heterocycles. The molecule has 0 amide bonds. The molecule has 106 valence electrons. The van der Waals surface area contributed by atoms with Gasteiger partial charge in [-0.3, -0.25) is 0 Å². The first-order chi connectivity index (χ1) is 8.87. The number of hydrogen-bond donors (Lipinski definition) is 3. The highest BCUT2D eigenvalue weighted by molar-refractivity contribution is 9.11. The van der Waals surface area contributed by atoms with Crippen LogP contribution in [-0.4, -0.2) is 16.7 Å². The molecule has 0 radical (unpaired) electrons. The topological polar surface area (TPSA) is 58.3 Å².